The van der Waals surface area contributed by atoms with Gasteiger partial charge in [0.2, 0.25) is 6.79 Å². The topological polar surface area (TPSA) is 43.4 Å². The number of allylic oxidation sites excluding steroid dienone is 1. The van der Waals surface area contributed by atoms with Crippen molar-refractivity contribution >= 4 is 6.08 Å². The molecule has 0 radical (unpaired) electrons. The molecule has 0 spiro atoms. The van der Waals surface area contributed by atoms with Crippen molar-refractivity contribution in [1.82, 2.24) is 10.3 Å². The molecule has 0 unspecified atom stereocenters. The summed E-state index contributed by atoms with van der Waals surface area (Å²) in [6, 6.07) is 10.0. The summed E-state index contributed by atoms with van der Waals surface area (Å²) in [6.07, 6.45) is 7.99. The Hall–Kier alpha value is -2.33. The summed E-state index contributed by atoms with van der Waals surface area (Å²) >= 11 is 0. The molecule has 24 heavy (non-hydrogen) atoms. The van der Waals surface area contributed by atoms with Crippen molar-refractivity contribution in [3.63, 3.8) is 0 Å². The average molecular weight is 326 g/mol. The predicted octanol–water partition coefficient (Wildman–Crippen LogP) is 4.07. The second-order valence-corrected chi connectivity index (χ2v) is 5.74. The minimum absolute atomic E-state index is 0.317. The zero-order valence-electron chi connectivity index (χ0n) is 14.7. The van der Waals surface area contributed by atoms with E-state index in [1.54, 1.807) is 6.20 Å². The maximum Gasteiger partial charge on any atom is 0.231 e. The zero-order chi connectivity index (χ0) is 17.2. The lowest BCUT2D eigenvalue weighted by atomic mass is 10.1. The molecule has 1 aromatic carbocycles. The van der Waals surface area contributed by atoms with Crippen molar-refractivity contribution in [2.75, 3.05) is 20.4 Å². The summed E-state index contributed by atoms with van der Waals surface area (Å²) in [5, 5.41) is 3.02. The number of aromatic nitrogens is 1. The fourth-order valence-corrected chi connectivity index (χ4v) is 2.41. The van der Waals surface area contributed by atoms with Crippen LogP contribution in [-0.2, 0) is 6.42 Å². The van der Waals surface area contributed by atoms with Crippen LogP contribution in [0.1, 0.15) is 31.4 Å². The van der Waals surface area contributed by atoms with E-state index in [0.29, 0.717) is 6.79 Å². The predicted molar refractivity (Wildman–Crippen MR) is 98.4 cm³/mol. The van der Waals surface area contributed by atoms with E-state index in [4.69, 9.17) is 9.47 Å². The molecule has 1 aliphatic heterocycles. The average Bonchev–Trinajstić information content (AvgIpc) is 3.05. The van der Waals surface area contributed by atoms with Gasteiger partial charge in [0.1, 0.15) is 0 Å². The highest BCUT2D eigenvalue weighted by Gasteiger charge is 2.12. The molecule has 1 aromatic heterocycles. The summed E-state index contributed by atoms with van der Waals surface area (Å²) in [5.74, 6) is 1.64. The third-order valence-corrected chi connectivity index (χ3v) is 3.52. The van der Waals surface area contributed by atoms with E-state index in [9.17, 15) is 0 Å². The van der Waals surface area contributed by atoms with Crippen molar-refractivity contribution in [2.24, 2.45) is 0 Å². The number of nitrogens with one attached hydrogen (secondary N) is 1. The Kier molecular flexibility index (Phi) is 7.30. The molecular formula is C20H26N2O2. The first-order chi connectivity index (χ1) is 11.7. The zero-order valence-corrected chi connectivity index (χ0v) is 14.7. The fraction of sp³-hybridized carbons (Fsp3) is 0.350. The first-order valence-corrected chi connectivity index (χ1v) is 8.33. The highest BCUT2D eigenvalue weighted by molar-refractivity contribution is 5.58. The van der Waals surface area contributed by atoms with E-state index in [0.717, 1.165) is 30.0 Å². The standard InChI is InChI=1S/C16H15NO2.C4H11N/c1-12(8-14-3-2-6-17-10-14)7-13-4-5-15-16(9-13)19-11-18-15;1-3-4-5-2/h2-7,9-10H,8,11H2,1H3;5H,3-4H2,1-2H3/b12-7+;. The minimum Gasteiger partial charge on any atom is -0.454 e. The van der Waals surface area contributed by atoms with Gasteiger partial charge in [-0.05, 0) is 62.7 Å². The van der Waals surface area contributed by atoms with E-state index in [2.05, 4.69) is 36.3 Å². The first-order valence-electron chi connectivity index (χ1n) is 8.33. The number of rotatable bonds is 5. The molecule has 2 heterocycles. The van der Waals surface area contributed by atoms with Crippen molar-refractivity contribution in [2.45, 2.75) is 26.7 Å². The SMILES string of the molecule is C/C(=C\c1ccc2c(c1)OCO2)Cc1cccnc1.CCCNC. The van der Waals surface area contributed by atoms with Crippen molar-refractivity contribution in [1.29, 1.82) is 0 Å². The number of hydrogen-bond donors (Lipinski definition) is 1. The number of nitrogens with zero attached hydrogens (tertiary/aromatic N) is 1. The van der Waals surface area contributed by atoms with Crippen molar-refractivity contribution in [3.8, 4) is 11.5 Å². The van der Waals surface area contributed by atoms with Gasteiger partial charge < -0.3 is 14.8 Å². The van der Waals surface area contributed by atoms with E-state index in [-0.39, 0.29) is 0 Å². The Morgan fingerprint density at radius 3 is 2.75 bits per heavy atom. The molecule has 0 atom stereocenters. The Bertz CT molecular complexity index is 652. The van der Waals surface area contributed by atoms with Crippen LogP contribution in [0.25, 0.3) is 6.08 Å². The van der Waals surface area contributed by atoms with Crippen LogP contribution in [-0.4, -0.2) is 25.4 Å². The highest BCUT2D eigenvalue weighted by Crippen LogP contribution is 2.33. The Morgan fingerprint density at radius 1 is 1.25 bits per heavy atom. The van der Waals surface area contributed by atoms with E-state index >= 15 is 0 Å². The van der Waals surface area contributed by atoms with Gasteiger partial charge in [-0.15, -0.1) is 0 Å². The van der Waals surface area contributed by atoms with Crippen LogP contribution in [0.2, 0.25) is 0 Å². The molecule has 0 aliphatic carbocycles. The molecule has 0 amide bonds. The smallest absolute Gasteiger partial charge is 0.231 e. The van der Waals surface area contributed by atoms with E-state index in [1.165, 1.54) is 17.6 Å². The third-order valence-electron chi connectivity index (χ3n) is 3.52. The first kappa shape index (κ1) is 18.0. The summed E-state index contributed by atoms with van der Waals surface area (Å²) in [4.78, 5) is 4.13. The number of hydrogen-bond acceptors (Lipinski definition) is 4. The van der Waals surface area contributed by atoms with Crippen LogP contribution >= 0.6 is 0 Å². The maximum atomic E-state index is 5.38. The van der Waals surface area contributed by atoms with Crippen LogP contribution in [0.15, 0.2) is 48.3 Å². The minimum atomic E-state index is 0.317. The molecule has 1 aliphatic rings. The highest BCUT2D eigenvalue weighted by atomic mass is 16.7. The lowest BCUT2D eigenvalue weighted by Gasteiger charge is -2.03. The Labute approximate surface area is 144 Å². The van der Waals surface area contributed by atoms with Gasteiger partial charge in [0, 0.05) is 12.4 Å². The van der Waals surface area contributed by atoms with E-state index < -0.39 is 0 Å². The molecule has 2 aromatic rings. The molecule has 4 heteroatoms. The van der Waals surface area contributed by atoms with Gasteiger partial charge in [0.25, 0.3) is 0 Å². The quantitative estimate of drug-likeness (QED) is 0.899. The molecule has 0 saturated carbocycles. The Balaban J connectivity index is 0.000000368. The summed E-state index contributed by atoms with van der Waals surface area (Å²) in [6.45, 7) is 5.73. The molecule has 128 valence electrons. The van der Waals surface area contributed by atoms with Crippen molar-refractivity contribution in [3.05, 3.63) is 59.4 Å². The van der Waals surface area contributed by atoms with Crippen LogP contribution in [0.4, 0.5) is 0 Å². The van der Waals surface area contributed by atoms with Gasteiger partial charge >= 0.3 is 0 Å². The lowest BCUT2D eigenvalue weighted by molar-refractivity contribution is 0.174. The van der Waals surface area contributed by atoms with Gasteiger partial charge in [0.15, 0.2) is 11.5 Å². The summed E-state index contributed by atoms with van der Waals surface area (Å²) in [7, 11) is 1.96. The van der Waals surface area contributed by atoms with Gasteiger partial charge in [-0.1, -0.05) is 30.7 Å². The van der Waals surface area contributed by atoms with Gasteiger partial charge in [0.05, 0.1) is 0 Å². The van der Waals surface area contributed by atoms with Crippen LogP contribution < -0.4 is 14.8 Å². The third kappa shape index (κ3) is 5.70. The van der Waals surface area contributed by atoms with Crippen LogP contribution in [0.3, 0.4) is 0 Å². The fourth-order valence-electron chi connectivity index (χ4n) is 2.41. The second kappa shape index (κ2) is 9.73. The monoisotopic (exact) mass is 326 g/mol. The number of fused-ring (bicyclic) bond motifs is 1. The molecule has 0 fully saturated rings. The summed E-state index contributed by atoms with van der Waals surface area (Å²) in [5.41, 5.74) is 3.63. The Morgan fingerprint density at radius 2 is 2.08 bits per heavy atom. The maximum absolute atomic E-state index is 5.38. The molecule has 1 N–H and O–H groups in total. The van der Waals surface area contributed by atoms with Crippen molar-refractivity contribution < 1.29 is 9.47 Å². The van der Waals surface area contributed by atoms with Crippen LogP contribution in [0.5, 0.6) is 11.5 Å². The van der Waals surface area contributed by atoms with Gasteiger partial charge in [-0.2, -0.15) is 0 Å². The van der Waals surface area contributed by atoms with E-state index in [1.807, 2.05) is 37.5 Å². The summed E-state index contributed by atoms with van der Waals surface area (Å²) < 4.78 is 10.7. The normalized spacial score (nSPS) is 12.5. The second-order valence-electron chi connectivity index (χ2n) is 5.74. The largest absolute Gasteiger partial charge is 0.454 e. The molecule has 0 bridgehead atoms. The molecule has 0 saturated heterocycles. The van der Waals surface area contributed by atoms with Gasteiger partial charge in [-0.25, -0.2) is 0 Å². The molecule has 3 rings (SSSR count). The molecular weight excluding hydrogens is 300 g/mol. The molecule has 4 nitrogen and oxygen atoms in total. The number of pyridine rings is 1. The van der Waals surface area contributed by atoms with Crippen LogP contribution in [0, 0.1) is 0 Å². The van der Waals surface area contributed by atoms with Gasteiger partial charge in [-0.3, -0.25) is 4.98 Å². The lowest BCUT2D eigenvalue weighted by Crippen LogP contribution is -2.04. The number of ether oxygens (including phenoxy) is 2. The number of benzene rings is 1.